The Hall–Kier alpha value is -3.83. The van der Waals surface area contributed by atoms with E-state index in [1.807, 2.05) is 118 Å². The van der Waals surface area contributed by atoms with Crippen molar-refractivity contribution in [1.29, 1.82) is 0 Å². The van der Waals surface area contributed by atoms with Gasteiger partial charge < -0.3 is 10.6 Å². The van der Waals surface area contributed by atoms with Crippen molar-refractivity contribution in [2.75, 3.05) is 10.6 Å². The van der Waals surface area contributed by atoms with Gasteiger partial charge in [0.25, 0.3) is 5.91 Å². The quantitative estimate of drug-likeness (QED) is 0.272. The average Bonchev–Trinajstić information content (AvgIpc) is 2.86. The molecule has 4 aromatic carbocycles. The molecule has 2 N–H and O–H groups in total. The average molecular weight is 481 g/mol. The molecule has 5 heteroatoms. The highest BCUT2D eigenvalue weighted by Gasteiger charge is 2.23. The van der Waals surface area contributed by atoms with Gasteiger partial charge in [-0.1, -0.05) is 72.8 Å². The lowest BCUT2D eigenvalue weighted by atomic mass is 10.1. The Morgan fingerprint density at radius 1 is 0.686 bits per heavy atom. The fourth-order valence-corrected chi connectivity index (χ4v) is 4.99. The van der Waals surface area contributed by atoms with Crippen LogP contribution in [0, 0.1) is 20.8 Å². The van der Waals surface area contributed by atoms with Gasteiger partial charge in [0.15, 0.2) is 0 Å². The van der Waals surface area contributed by atoms with Crippen LogP contribution in [0.5, 0.6) is 0 Å². The second-order valence-corrected chi connectivity index (χ2v) is 9.64. The van der Waals surface area contributed by atoms with Crippen LogP contribution in [0.25, 0.3) is 0 Å². The van der Waals surface area contributed by atoms with Gasteiger partial charge in [0, 0.05) is 21.8 Å². The van der Waals surface area contributed by atoms with Crippen LogP contribution in [0.1, 0.15) is 37.9 Å². The maximum atomic E-state index is 13.5. The van der Waals surface area contributed by atoms with Crippen molar-refractivity contribution in [3.05, 3.63) is 125 Å². The van der Waals surface area contributed by atoms with E-state index in [0.717, 1.165) is 32.8 Å². The molecule has 35 heavy (non-hydrogen) atoms. The number of benzene rings is 4. The molecule has 176 valence electrons. The van der Waals surface area contributed by atoms with Crippen molar-refractivity contribution in [2.45, 2.75) is 30.9 Å². The number of hydrogen-bond acceptors (Lipinski definition) is 3. The van der Waals surface area contributed by atoms with Gasteiger partial charge in [-0.2, -0.15) is 0 Å². The predicted molar refractivity (Wildman–Crippen MR) is 145 cm³/mol. The zero-order valence-corrected chi connectivity index (χ0v) is 20.9. The summed E-state index contributed by atoms with van der Waals surface area (Å²) in [6.45, 7) is 5.90. The van der Waals surface area contributed by atoms with Crippen LogP contribution in [0.2, 0.25) is 0 Å². The molecule has 4 rings (SSSR count). The van der Waals surface area contributed by atoms with Crippen LogP contribution in [-0.2, 0) is 4.79 Å². The number of para-hydroxylation sites is 1. The second kappa shape index (κ2) is 11.1. The van der Waals surface area contributed by atoms with Gasteiger partial charge >= 0.3 is 0 Å². The van der Waals surface area contributed by atoms with Gasteiger partial charge in [-0.05, 0) is 67.3 Å². The highest BCUT2D eigenvalue weighted by atomic mass is 32.2. The highest BCUT2D eigenvalue weighted by Crippen LogP contribution is 2.37. The third-order valence-corrected chi connectivity index (χ3v) is 7.05. The Morgan fingerprint density at radius 3 is 2.03 bits per heavy atom. The van der Waals surface area contributed by atoms with Gasteiger partial charge in [-0.25, -0.2) is 0 Å². The van der Waals surface area contributed by atoms with Crippen molar-refractivity contribution >= 4 is 35.0 Å². The van der Waals surface area contributed by atoms with Crippen molar-refractivity contribution in [3.63, 3.8) is 0 Å². The van der Waals surface area contributed by atoms with E-state index in [2.05, 4.69) is 10.6 Å². The minimum Gasteiger partial charge on any atom is -0.324 e. The molecular formula is C30H28N2O2S. The highest BCUT2D eigenvalue weighted by molar-refractivity contribution is 8.00. The molecule has 0 spiro atoms. The summed E-state index contributed by atoms with van der Waals surface area (Å²) in [5, 5.41) is 5.67. The Kier molecular flexibility index (Phi) is 7.68. The van der Waals surface area contributed by atoms with Crippen molar-refractivity contribution in [2.24, 2.45) is 0 Å². The molecule has 4 aromatic rings. The Bertz CT molecular complexity index is 1330. The maximum absolute atomic E-state index is 13.5. The molecule has 0 fully saturated rings. The summed E-state index contributed by atoms with van der Waals surface area (Å²) in [5.41, 5.74) is 6.05. The first-order valence-electron chi connectivity index (χ1n) is 11.5. The van der Waals surface area contributed by atoms with Crippen molar-refractivity contribution in [3.8, 4) is 0 Å². The minimum absolute atomic E-state index is 0.0899. The van der Waals surface area contributed by atoms with Gasteiger partial charge in [0.05, 0.1) is 0 Å². The second-order valence-electron chi connectivity index (χ2n) is 8.46. The van der Waals surface area contributed by atoms with Crippen molar-refractivity contribution < 1.29 is 9.59 Å². The summed E-state index contributed by atoms with van der Waals surface area (Å²) < 4.78 is 0. The molecule has 0 saturated heterocycles. The summed E-state index contributed by atoms with van der Waals surface area (Å²) >= 11 is 1.46. The molecule has 0 radical (unpaired) electrons. The van der Waals surface area contributed by atoms with E-state index in [-0.39, 0.29) is 11.8 Å². The molecule has 0 aliphatic rings. The Labute approximate surface area is 210 Å². The standard InChI is InChI=1S/C30H28N2O2S/c1-20-11-7-8-18-26(20)29(33)31-24-16-10-17-25(19-24)35-28(23-14-5-4-6-15-23)30(34)32-27-21(2)12-9-13-22(27)3/h4-19,28H,1-3H3,(H,31,33)(H,32,34). The van der Waals surface area contributed by atoms with Crippen LogP contribution in [0.3, 0.4) is 0 Å². The first kappa shape index (κ1) is 24.3. The largest absolute Gasteiger partial charge is 0.324 e. The number of aryl methyl sites for hydroxylation is 3. The topological polar surface area (TPSA) is 58.2 Å². The van der Waals surface area contributed by atoms with Gasteiger partial charge in [-0.3, -0.25) is 9.59 Å². The molecular weight excluding hydrogens is 452 g/mol. The first-order valence-corrected chi connectivity index (χ1v) is 12.4. The monoisotopic (exact) mass is 480 g/mol. The fourth-order valence-electron chi connectivity index (χ4n) is 3.91. The molecule has 0 aliphatic carbocycles. The third-order valence-electron chi connectivity index (χ3n) is 5.81. The summed E-state index contributed by atoms with van der Waals surface area (Å²) in [5.74, 6) is -0.245. The number of thioether (sulfide) groups is 1. The first-order chi connectivity index (χ1) is 16.9. The van der Waals surface area contributed by atoms with Gasteiger partial charge in [0.1, 0.15) is 5.25 Å². The summed E-state index contributed by atoms with van der Waals surface area (Å²) in [6.07, 6.45) is 0. The summed E-state index contributed by atoms with van der Waals surface area (Å²) in [7, 11) is 0. The van der Waals surface area contributed by atoms with E-state index in [1.54, 1.807) is 0 Å². The number of carbonyl (C=O) groups is 2. The normalized spacial score (nSPS) is 11.5. The van der Waals surface area contributed by atoms with E-state index in [4.69, 9.17) is 0 Å². The molecule has 0 saturated carbocycles. The molecule has 0 bridgehead atoms. The molecule has 0 aliphatic heterocycles. The molecule has 4 nitrogen and oxygen atoms in total. The van der Waals surface area contributed by atoms with Crippen molar-refractivity contribution in [1.82, 2.24) is 0 Å². The van der Waals surface area contributed by atoms with Crippen LogP contribution in [-0.4, -0.2) is 11.8 Å². The molecule has 0 aromatic heterocycles. The van der Waals surface area contributed by atoms with E-state index in [1.165, 1.54) is 11.8 Å². The van der Waals surface area contributed by atoms with E-state index in [0.29, 0.717) is 11.3 Å². The molecule has 1 unspecified atom stereocenters. The molecule has 0 heterocycles. The SMILES string of the molecule is Cc1ccccc1C(=O)Nc1cccc(SC(C(=O)Nc2c(C)cccc2C)c2ccccc2)c1. The third kappa shape index (κ3) is 6.00. The number of rotatable bonds is 7. The van der Waals surface area contributed by atoms with Gasteiger partial charge in [-0.15, -0.1) is 11.8 Å². The Morgan fingerprint density at radius 2 is 1.31 bits per heavy atom. The van der Waals surface area contributed by atoms with E-state index < -0.39 is 5.25 Å². The zero-order chi connectivity index (χ0) is 24.8. The van der Waals surface area contributed by atoms with Gasteiger partial charge in [0.2, 0.25) is 5.91 Å². The molecule has 2 amide bonds. The van der Waals surface area contributed by atoms with E-state index in [9.17, 15) is 9.59 Å². The number of carbonyl (C=O) groups excluding carboxylic acids is 2. The number of nitrogens with one attached hydrogen (secondary N) is 2. The minimum atomic E-state index is -0.461. The maximum Gasteiger partial charge on any atom is 0.255 e. The van der Waals surface area contributed by atoms with Crippen LogP contribution in [0.4, 0.5) is 11.4 Å². The van der Waals surface area contributed by atoms with E-state index >= 15 is 0 Å². The van der Waals surface area contributed by atoms with Crippen LogP contribution in [0.15, 0.2) is 102 Å². The van der Waals surface area contributed by atoms with Crippen LogP contribution >= 0.6 is 11.8 Å². The predicted octanol–water partition coefficient (Wildman–Crippen LogP) is 7.34. The zero-order valence-electron chi connectivity index (χ0n) is 20.0. The Balaban J connectivity index is 1.57. The smallest absolute Gasteiger partial charge is 0.255 e. The number of hydrogen-bond donors (Lipinski definition) is 2. The molecule has 1 atom stereocenters. The van der Waals surface area contributed by atoms with Crippen LogP contribution < -0.4 is 10.6 Å². The summed E-state index contributed by atoms with van der Waals surface area (Å²) in [4.78, 5) is 27.2. The summed E-state index contributed by atoms with van der Waals surface area (Å²) in [6, 6.07) is 30.8. The number of anilines is 2. The fraction of sp³-hybridized carbons (Fsp3) is 0.133. The number of amides is 2. The lowest BCUT2D eigenvalue weighted by molar-refractivity contribution is -0.115. The lowest BCUT2D eigenvalue weighted by Gasteiger charge is -2.19. The lowest BCUT2D eigenvalue weighted by Crippen LogP contribution is -2.20.